The zero-order chi connectivity index (χ0) is 15.9. The van der Waals surface area contributed by atoms with E-state index in [0.717, 1.165) is 16.6 Å². The molecule has 0 aliphatic carbocycles. The lowest BCUT2D eigenvalue weighted by atomic mass is 10.0. The number of hydrogen-bond acceptors (Lipinski definition) is 2. The SMILES string of the molecule is CC(C)(O)Cn1cnc2cc(-c3cc(F)cc(Cl)c3)ccc21. The molecule has 0 radical (unpaired) electrons. The number of halogens is 2. The lowest BCUT2D eigenvalue weighted by Gasteiger charge is -2.18. The minimum atomic E-state index is -0.817. The number of hydrogen-bond donors (Lipinski definition) is 1. The van der Waals surface area contributed by atoms with Gasteiger partial charge < -0.3 is 9.67 Å². The van der Waals surface area contributed by atoms with Crippen molar-refractivity contribution in [1.29, 1.82) is 0 Å². The van der Waals surface area contributed by atoms with E-state index in [0.29, 0.717) is 17.1 Å². The fourth-order valence-corrected chi connectivity index (χ4v) is 2.73. The summed E-state index contributed by atoms with van der Waals surface area (Å²) in [5, 5.41) is 10.3. The summed E-state index contributed by atoms with van der Waals surface area (Å²) in [7, 11) is 0. The van der Waals surface area contributed by atoms with Crippen LogP contribution in [0.2, 0.25) is 5.02 Å². The average molecular weight is 319 g/mol. The Bertz CT molecular complexity index is 816. The zero-order valence-corrected chi connectivity index (χ0v) is 13.1. The maximum Gasteiger partial charge on any atom is 0.125 e. The van der Waals surface area contributed by atoms with Gasteiger partial charge in [-0.3, -0.25) is 0 Å². The highest BCUT2D eigenvalue weighted by molar-refractivity contribution is 6.30. The highest BCUT2D eigenvalue weighted by atomic mass is 35.5. The van der Waals surface area contributed by atoms with Crippen LogP contribution in [0.15, 0.2) is 42.7 Å². The van der Waals surface area contributed by atoms with Crippen LogP contribution >= 0.6 is 11.6 Å². The van der Waals surface area contributed by atoms with Crippen molar-refractivity contribution in [2.75, 3.05) is 0 Å². The maximum atomic E-state index is 13.5. The molecular weight excluding hydrogens is 303 g/mol. The summed E-state index contributed by atoms with van der Waals surface area (Å²) >= 11 is 5.91. The van der Waals surface area contributed by atoms with Crippen LogP contribution < -0.4 is 0 Å². The molecule has 2 aromatic carbocycles. The van der Waals surface area contributed by atoms with E-state index >= 15 is 0 Å². The Morgan fingerprint density at radius 3 is 2.64 bits per heavy atom. The quantitative estimate of drug-likeness (QED) is 0.783. The maximum absolute atomic E-state index is 13.5. The van der Waals surface area contributed by atoms with Crippen LogP contribution in [0, 0.1) is 5.82 Å². The van der Waals surface area contributed by atoms with Crippen molar-refractivity contribution in [2.45, 2.75) is 26.0 Å². The van der Waals surface area contributed by atoms with E-state index in [4.69, 9.17) is 11.6 Å². The smallest absolute Gasteiger partial charge is 0.125 e. The minimum absolute atomic E-state index is 0.364. The molecular formula is C17H16ClFN2O. The standard InChI is InChI=1S/C17H16ClFN2O/c1-17(2,22)9-21-10-20-15-7-11(3-4-16(15)21)12-5-13(18)8-14(19)6-12/h3-8,10,22H,9H2,1-2H3. The monoisotopic (exact) mass is 318 g/mol. The molecule has 0 aliphatic rings. The van der Waals surface area contributed by atoms with E-state index in [1.807, 2.05) is 22.8 Å². The molecule has 5 heteroatoms. The number of benzene rings is 2. The molecule has 0 fully saturated rings. The van der Waals surface area contributed by atoms with Gasteiger partial charge in [-0.2, -0.15) is 0 Å². The molecule has 0 atom stereocenters. The van der Waals surface area contributed by atoms with Gasteiger partial charge >= 0.3 is 0 Å². The number of rotatable bonds is 3. The van der Waals surface area contributed by atoms with Crippen LogP contribution in [0.5, 0.6) is 0 Å². The minimum Gasteiger partial charge on any atom is -0.389 e. The van der Waals surface area contributed by atoms with E-state index in [-0.39, 0.29) is 5.82 Å². The lowest BCUT2D eigenvalue weighted by molar-refractivity contribution is 0.0627. The second-order valence-electron chi connectivity index (χ2n) is 6.05. The summed E-state index contributed by atoms with van der Waals surface area (Å²) in [5.74, 6) is -0.366. The fraction of sp³-hybridized carbons (Fsp3) is 0.235. The molecule has 0 amide bonds. The lowest BCUT2D eigenvalue weighted by Crippen LogP contribution is -2.25. The molecule has 0 saturated carbocycles. The predicted octanol–water partition coefficient (Wildman–Crippen LogP) is 4.27. The Kier molecular flexibility index (Phi) is 3.67. The molecule has 114 valence electrons. The Morgan fingerprint density at radius 2 is 1.95 bits per heavy atom. The summed E-state index contributed by atoms with van der Waals surface area (Å²) in [5.41, 5.74) is 2.46. The third-order valence-corrected chi connectivity index (χ3v) is 3.59. The molecule has 22 heavy (non-hydrogen) atoms. The van der Waals surface area contributed by atoms with Crippen LogP contribution in [0.4, 0.5) is 4.39 Å². The number of fused-ring (bicyclic) bond motifs is 1. The van der Waals surface area contributed by atoms with Gasteiger partial charge in [-0.05, 0) is 55.3 Å². The topological polar surface area (TPSA) is 38.0 Å². The summed E-state index contributed by atoms with van der Waals surface area (Å²) in [6.07, 6.45) is 1.70. The van der Waals surface area contributed by atoms with Gasteiger partial charge in [0.2, 0.25) is 0 Å². The van der Waals surface area contributed by atoms with Gasteiger partial charge in [0.05, 0.1) is 29.5 Å². The van der Waals surface area contributed by atoms with Crippen LogP contribution in [0.1, 0.15) is 13.8 Å². The first-order valence-corrected chi connectivity index (χ1v) is 7.33. The fourth-order valence-electron chi connectivity index (χ4n) is 2.51. The first-order valence-electron chi connectivity index (χ1n) is 6.96. The highest BCUT2D eigenvalue weighted by Crippen LogP contribution is 2.27. The third-order valence-electron chi connectivity index (χ3n) is 3.37. The molecule has 1 aromatic heterocycles. The normalized spacial score (nSPS) is 12.0. The first kappa shape index (κ1) is 15.0. The van der Waals surface area contributed by atoms with Crippen LogP contribution in [0.3, 0.4) is 0 Å². The van der Waals surface area contributed by atoms with Crippen LogP contribution in [-0.2, 0) is 6.54 Å². The molecule has 0 unspecified atom stereocenters. The zero-order valence-electron chi connectivity index (χ0n) is 12.3. The van der Waals surface area contributed by atoms with Crippen LogP contribution in [-0.4, -0.2) is 20.3 Å². The van der Waals surface area contributed by atoms with Crippen LogP contribution in [0.25, 0.3) is 22.2 Å². The number of nitrogens with zero attached hydrogens (tertiary/aromatic N) is 2. The Morgan fingerprint density at radius 1 is 1.18 bits per heavy atom. The molecule has 0 aliphatic heterocycles. The van der Waals surface area contributed by atoms with Crippen molar-refractivity contribution in [2.24, 2.45) is 0 Å². The van der Waals surface area contributed by atoms with Gasteiger partial charge in [0.15, 0.2) is 0 Å². The van der Waals surface area contributed by atoms with E-state index in [9.17, 15) is 9.50 Å². The Balaban J connectivity index is 2.04. The van der Waals surface area contributed by atoms with Gasteiger partial charge in [-0.25, -0.2) is 9.37 Å². The van der Waals surface area contributed by atoms with Crippen molar-refractivity contribution < 1.29 is 9.50 Å². The molecule has 0 bridgehead atoms. The van der Waals surface area contributed by atoms with Crippen molar-refractivity contribution in [3.63, 3.8) is 0 Å². The molecule has 1 N–H and O–H groups in total. The number of imidazole rings is 1. The van der Waals surface area contributed by atoms with Crippen molar-refractivity contribution >= 4 is 22.6 Å². The molecule has 0 saturated heterocycles. The van der Waals surface area contributed by atoms with Gasteiger partial charge in [0.1, 0.15) is 5.82 Å². The first-order chi connectivity index (χ1) is 10.3. The number of aliphatic hydroxyl groups is 1. The van der Waals surface area contributed by atoms with E-state index in [1.54, 1.807) is 26.2 Å². The molecule has 3 rings (SSSR count). The molecule has 3 nitrogen and oxygen atoms in total. The van der Waals surface area contributed by atoms with Gasteiger partial charge in [0, 0.05) is 5.02 Å². The summed E-state index contributed by atoms with van der Waals surface area (Å²) in [6, 6.07) is 10.2. The Labute approximate surface area is 133 Å². The van der Waals surface area contributed by atoms with E-state index in [2.05, 4.69) is 4.98 Å². The summed E-state index contributed by atoms with van der Waals surface area (Å²) in [6.45, 7) is 3.96. The summed E-state index contributed by atoms with van der Waals surface area (Å²) < 4.78 is 15.4. The van der Waals surface area contributed by atoms with Gasteiger partial charge in [0.25, 0.3) is 0 Å². The van der Waals surface area contributed by atoms with E-state index < -0.39 is 5.60 Å². The molecule has 1 heterocycles. The van der Waals surface area contributed by atoms with Gasteiger partial charge in [-0.15, -0.1) is 0 Å². The van der Waals surface area contributed by atoms with Gasteiger partial charge in [-0.1, -0.05) is 17.7 Å². The second kappa shape index (κ2) is 5.38. The summed E-state index contributed by atoms with van der Waals surface area (Å²) in [4.78, 5) is 4.36. The largest absolute Gasteiger partial charge is 0.389 e. The van der Waals surface area contributed by atoms with Crippen molar-refractivity contribution in [3.05, 3.63) is 53.6 Å². The third kappa shape index (κ3) is 3.13. The predicted molar refractivity (Wildman–Crippen MR) is 86.4 cm³/mol. The number of aromatic nitrogens is 2. The molecule has 0 spiro atoms. The van der Waals surface area contributed by atoms with Crippen molar-refractivity contribution in [1.82, 2.24) is 9.55 Å². The molecule has 3 aromatic rings. The second-order valence-corrected chi connectivity index (χ2v) is 6.48. The average Bonchev–Trinajstić information content (AvgIpc) is 2.78. The highest BCUT2D eigenvalue weighted by Gasteiger charge is 2.15. The van der Waals surface area contributed by atoms with Crippen molar-refractivity contribution in [3.8, 4) is 11.1 Å². The van der Waals surface area contributed by atoms with E-state index in [1.165, 1.54) is 12.1 Å². The Hall–Kier alpha value is -1.91.